The Balaban J connectivity index is 2.30. The van der Waals surface area contributed by atoms with Crippen LogP contribution in [0.2, 0.25) is 0 Å². The zero-order valence-electron chi connectivity index (χ0n) is 9.76. The standard InChI is InChI=1S/C11H9BrFNO5/c1-18-11-8(15)4-9(11)19-10-6(12)2-5(13)3-7(10)14(16)17/h2-3,9,11H,4H2,1H3. The molecule has 2 unspecified atom stereocenters. The molecule has 102 valence electrons. The zero-order valence-corrected chi connectivity index (χ0v) is 11.3. The molecule has 1 aliphatic rings. The van der Waals surface area contributed by atoms with Gasteiger partial charge in [0.2, 0.25) is 5.75 Å². The van der Waals surface area contributed by atoms with Gasteiger partial charge in [-0.3, -0.25) is 14.9 Å². The van der Waals surface area contributed by atoms with E-state index in [0.29, 0.717) is 0 Å². The highest BCUT2D eigenvalue weighted by atomic mass is 79.9. The lowest BCUT2D eigenvalue weighted by molar-refractivity contribution is -0.386. The van der Waals surface area contributed by atoms with Crippen molar-refractivity contribution in [3.8, 4) is 5.75 Å². The fraction of sp³-hybridized carbons (Fsp3) is 0.364. The second-order valence-electron chi connectivity index (χ2n) is 3.98. The minimum absolute atomic E-state index is 0.106. The van der Waals surface area contributed by atoms with Crippen LogP contribution >= 0.6 is 15.9 Å². The summed E-state index contributed by atoms with van der Waals surface area (Å²) in [4.78, 5) is 21.3. The number of nitro benzene ring substituents is 1. The number of nitro groups is 1. The van der Waals surface area contributed by atoms with Crippen LogP contribution in [0.15, 0.2) is 16.6 Å². The van der Waals surface area contributed by atoms with E-state index in [1.54, 1.807) is 0 Å². The number of ether oxygens (including phenoxy) is 2. The minimum atomic E-state index is -0.751. The number of methoxy groups -OCH3 is 1. The van der Waals surface area contributed by atoms with Gasteiger partial charge in [-0.1, -0.05) is 0 Å². The van der Waals surface area contributed by atoms with Gasteiger partial charge >= 0.3 is 5.69 Å². The summed E-state index contributed by atoms with van der Waals surface area (Å²) < 4.78 is 23.6. The van der Waals surface area contributed by atoms with Gasteiger partial charge in [0, 0.05) is 13.5 Å². The highest BCUT2D eigenvalue weighted by Crippen LogP contribution is 2.38. The summed E-state index contributed by atoms with van der Waals surface area (Å²) in [5.41, 5.74) is -0.499. The second kappa shape index (κ2) is 5.22. The molecule has 1 fully saturated rings. The number of benzene rings is 1. The Hall–Kier alpha value is -1.54. The van der Waals surface area contributed by atoms with Crippen LogP contribution in [-0.4, -0.2) is 30.0 Å². The van der Waals surface area contributed by atoms with Gasteiger partial charge in [-0.05, 0) is 22.0 Å². The summed E-state index contributed by atoms with van der Waals surface area (Å²) in [6, 6.07) is 1.83. The van der Waals surface area contributed by atoms with Crippen molar-refractivity contribution < 1.29 is 23.6 Å². The van der Waals surface area contributed by atoms with Crippen molar-refractivity contribution in [3.63, 3.8) is 0 Å². The average molecular weight is 334 g/mol. The molecular weight excluding hydrogens is 325 g/mol. The molecule has 2 rings (SSSR count). The molecule has 0 aliphatic heterocycles. The molecule has 0 aromatic heterocycles. The number of rotatable bonds is 4. The van der Waals surface area contributed by atoms with Crippen LogP contribution in [0, 0.1) is 15.9 Å². The number of hydrogen-bond acceptors (Lipinski definition) is 5. The first-order chi connectivity index (χ1) is 8.93. The van der Waals surface area contributed by atoms with Crippen LogP contribution in [-0.2, 0) is 9.53 Å². The maximum absolute atomic E-state index is 13.1. The first-order valence-electron chi connectivity index (χ1n) is 5.29. The lowest BCUT2D eigenvalue weighted by atomic mass is 9.90. The first kappa shape index (κ1) is 13.9. The van der Waals surface area contributed by atoms with Gasteiger partial charge in [-0.15, -0.1) is 0 Å². The number of Topliss-reactive ketones (excluding diaryl/α,β-unsaturated/α-hetero) is 1. The van der Waals surface area contributed by atoms with Gasteiger partial charge in [0.1, 0.15) is 11.9 Å². The molecule has 1 saturated carbocycles. The maximum atomic E-state index is 13.1. The number of hydrogen-bond donors (Lipinski definition) is 0. The van der Waals surface area contributed by atoms with Gasteiger partial charge in [-0.2, -0.15) is 0 Å². The molecule has 0 bridgehead atoms. The fourth-order valence-electron chi connectivity index (χ4n) is 1.81. The van der Waals surface area contributed by atoms with Crippen molar-refractivity contribution in [2.45, 2.75) is 18.6 Å². The maximum Gasteiger partial charge on any atom is 0.315 e. The Kier molecular flexibility index (Phi) is 3.81. The highest BCUT2D eigenvalue weighted by Gasteiger charge is 2.43. The lowest BCUT2D eigenvalue weighted by Crippen LogP contribution is -2.51. The van der Waals surface area contributed by atoms with E-state index < -0.39 is 28.6 Å². The van der Waals surface area contributed by atoms with Crippen LogP contribution in [0.4, 0.5) is 10.1 Å². The van der Waals surface area contributed by atoms with Crippen molar-refractivity contribution in [2.75, 3.05) is 7.11 Å². The van der Waals surface area contributed by atoms with Gasteiger partial charge in [0.05, 0.1) is 15.5 Å². The normalized spacial score (nSPS) is 21.9. The third-order valence-corrected chi connectivity index (χ3v) is 3.36. The molecule has 0 heterocycles. The molecular formula is C11H9BrFNO5. The van der Waals surface area contributed by atoms with Gasteiger partial charge in [-0.25, -0.2) is 4.39 Å². The summed E-state index contributed by atoms with van der Waals surface area (Å²) in [6.07, 6.45) is -1.23. The summed E-state index contributed by atoms with van der Waals surface area (Å²) >= 11 is 3.01. The van der Waals surface area contributed by atoms with Crippen molar-refractivity contribution in [1.29, 1.82) is 0 Å². The molecule has 2 atom stereocenters. The average Bonchev–Trinajstić information content (AvgIpc) is 2.30. The Morgan fingerprint density at radius 2 is 2.21 bits per heavy atom. The minimum Gasteiger partial charge on any atom is -0.479 e. The molecule has 8 heteroatoms. The van der Waals surface area contributed by atoms with Crippen LogP contribution < -0.4 is 4.74 Å². The zero-order chi connectivity index (χ0) is 14.2. The largest absolute Gasteiger partial charge is 0.479 e. The topological polar surface area (TPSA) is 78.7 Å². The summed E-state index contributed by atoms with van der Waals surface area (Å²) in [5, 5.41) is 10.9. The highest BCUT2D eigenvalue weighted by molar-refractivity contribution is 9.10. The second-order valence-corrected chi connectivity index (χ2v) is 4.83. The van der Waals surface area contributed by atoms with Crippen LogP contribution in [0.1, 0.15) is 6.42 Å². The number of nitrogens with zero attached hydrogens (tertiary/aromatic N) is 1. The van der Waals surface area contributed by atoms with Gasteiger partial charge in [0.25, 0.3) is 0 Å². The van der Waals surface area contributed by atoms with Gasteiger partial charge < -0.3 is 9.47 Å². The first-order valence-corrected chi connectivity index (χ1v) is 6.09. The predicted octanol–water partition coefficient (Wildman–Crippen LogP) is 2.23. The smallest absolute Gasteiger partial charge is 0.315 e. The van der Waals surface area contributed by atoms with E-state index in [0.717, 1.165) is 12.1 Å². The molecule has 0 spiro atoms. The molecule has 1 aliphatic carbocycles. The molecule has 0 amide bonds. The van der Waals surface area contributed by atoms with E-state index in [1.807, 2.05) is 0 Å². The summed E-state index contributed by atoms with van der Waals surface area (Å²) in [5.74, 6) is -0.988. The van der Waals surface area contributed by atoms with Gasteiger partial charge in [0.15, 0.2) is 11.9 Å². The van der Waals surface area contributed by atoms with E-state index in [-0.39, 0.29) is 22.4 Å². The molecule has 1 aromatic rings. The molecule has 6 nitrogen and oxygen atoms in total. The molecule has 0 saturated heterocycles. The predicted molar refractivity (Wildman–Crippen MR) is 65.6 cm³/mol. The van der Waals surface area contributed by atoms with Crippen molar-refractivity contribution >= 4 is 27.4 Å². The Morgan fingerprint density at radius 3 is 2.74 bits per heavy atom. The number of carbonyl (C=O) groups is 1. The van der Waals surface area contributed by atoms with E-state index in [9.17, 15) is 19.3 Å². The van der Waals surface area contributed by atoms with Crippen LogP contribution in [0.3, 0.4) is 0 Å². The van der Waals surface area contributed by atoms with Crippen molar-refractivity contribution in [1.82, 2.24) is 0 Å². The monoisotopic (exact) mass is 333 g/mol. The Labute approximate surface area is 115 Å². The molecule has 0 radical (unpaired) electrons. The van der Waals surface area contributed by atoms with Crippen molar-refractivity contribution in [3.05, 3.63) is 32.5 Å². The number of carbonyl (C=O) groups excluding carboxylic acids is 1. The van der Waals surface area contributed by atoms with E-state index in [1.165, 1.54) is 7.11 Å². The summed E-state index contributed by atoms with van der Waals surface area (Å²) in [6.45, 7) is 0. The molecule has 19 heavy (non-hydrogen) atoms. The summed E-state index contributed by atoms with van der Waals surface area (Å²) in [7, 11) is 1.35. The number of halogens is 2. The van der Waals surface area contributed by atoms with Crippen molar-refractivity contribution in [2.24, 2.45) is 0 Å². The lowest BCUT2D eigenvalue weighted by Gasteiger charge is -2.33. The quantitative estimate of drug-likeness (QED) is 0.623. The van der Waals surface area contributed by atoms with E-state index in [2.05, 4.69) is 15.9 Å². The number of ketones is 1. The molecule has 0 N–H and O–H groups in total. The fourth-order valence-corrected chi connectivity index (χ4v) is 2.32. The third kappa shape index (κ3) is 2.59. The van der Waals surface area contributed by atoms with E-state index >= 15 is 0 Å². The third-order valence-electron chi connectivity index (χ3n) is 2.77. The Morgan fingerprint density at radius 1 is 1.53 bits per heavy atom. The Bertz CT molecular complexity index is 550. The molecule has 1 aromatic carbocycles. The van der Waals surface area contributed by atoms with E-state index in [4.69, 9.17) is 9.47 Å². The van der Waals surface area contributed by atoms with Crippen LogP contribution in [0.5, 0.6) is 5.75 Å². The SMILES string of the molecule is COC1C(=O)CC1Oc1c(Br)cc(F)cc1[N+](=O)[O-]. The van der Waals surface area contributed by atoms with Crippen LogP contribution in [0.25, 0.3) is 0 Å².